The predicted octanol–water partition coefficient (Wildman–Crippen LogP) is 5.42. The van der Waals surface area contributed by atoms with Crippen molar-refractivity contribution in [2.24, 2.45) is 0 Å². The molecule has 0 radical (unpaired) electrons. The summed E-state index contributed by atoms with van der Waals surface area (Å²) in [6.45, 7) is 8.31. The molecule has 1 aliphatic carbocycles. The summed E-state index contributed by atoms with van der Waals surface area (Å²) in [5, 5.41) is 4.30. The molecule has 0 atom stereocenters. The van der Waals surface area contributed by atoms with Crippen molar-refractivity contribution in [2.75, 3.05) is 33.4 Å². The second kappa shape index (κ2) is 10.1. The molecule has 3 heterocycles. The Labute approximate surface area is 201 Å². The van der Waals surface area contributed by atoms with E-state index in [2.05, 4.69) is 47.1 Å². The lowest BCUT2D eigenvalue weighted by atomic mass is 10.0. The Hall–Kier alpha value is -2.93. The van der Waals surface area contributed by atoms with E-state index in [1.165, 1.54) is 50.8 Å². The maximum absolute atomic E-state index is 6.19. The average Bonchev–Trinajstić information content (AvgIpc) is 3.53. The Morgan fingerprint density at radius 3 is 2.56 bits per heavy atom. The third kappa shape index (κ3) is 4.80. The molecule has 0 unspecified atom stereocenters. The lowest BCUT2D eigenvalue weighted by molar-refractivity contribution is 0.146. The maximum Gasteiger partial charge on any atom is 0.258 e. The van der Waals surface area contributed by atoms with Crippen LogP contribution in [0.15, 0.2) is 28.8 Å². The van der Waals surface area contributed by atoms with E-state index in [4.69, 9.17) is 19.0 Å². The Kier molecular flexibility index (Phi) is 6.81. The number of benzene rings is 1. The molecule has 34 heavy (non-hydrogen) atoms. The largest absolute Gasteiger partial charge is 0.492 e. The van der Waals surface area contributed by atoms with Crippen LogP contribution in [-0.2, 0) is 6.42 Å². The second-order valence-electron chi connectivity index (χ2n) is 9.41. The summed E-state index contributed by atoms with van der Waals surface area (Å²) in [6.07, 6.45) is 7.02. The van der Waals surface area contributed by atoms with Gasteiger partial charge in [0.25, 0.3) is 5.89 Å². The van der Waals surface area contributed by atoms with Gasteiger partial charge in [0.15, 0.2) is 0 Å². The zero-order valence-corrected chi connectivity index (χ0v) is 20.5. The van der Waals surface area contributed by atoms with Gasteiger partial charge in [0, 0.05) is 35.3 Å². The molecular weight excluding hydrogens is 428 g/mol. The number of aromatic nitrogens is 3. The first kappa shape index (κ1) is 22.8. The normalized spacial score (nSPS) is 16.6. The Morgan fingerprint density at radius 1 is 1.03 bits per heavy atom. The van der Waals surface area contributed by atoms with Crippen LogP contribution in [0.3, 0.4) is 0 Å². The van der Waals surface area contributed by atoms with Crippen molar-refractivity contribution in [2.45, 2.75) is 58.3 Å². The Morgan fingerprint density at radius 2 is 1.85 bits per heavy atom. The van der Waals surface area contributed by atoms with Gasteiger partial charge in [0.1, 0.15) is 12.4 Å². The minimum Gasteiger partial charge on any atom is -0.492 e. The van der Waals surface area contributed by atoms with E-state index >= 15 is 0 Å². The smallest absolute Gasteiger partial charge is 0.258 e. The number of likely N-dealkylation sites (tertiary alicyclic amines) is 1. The van der Waals surface area contributed by atoms with Gasteiger partial charge in [0.05, 0.1) is 7.11 Å². The molecule has 0 spiro atoms. The number of pyridine rings is 1. The first-order valence-corrected chi connectivity index (χ1v) is 12.5. The van der Waals surface area contributed by atoms with Crippen LogP contribution in [0.2, 0.25) is 0 Å². The van der Waals surface area contributed by atoms with Crippen molar-refractivity contribution in [1.82, 2.24) is 20.0 Å². The summed E-state index contributed by atoms with van der Waals surface area (Å²) in [7, 11) is 1.64. The number of hydrogen-bond acceptors (Lipinski definition) is 7. The molecule has 5 rings (SSSR count). The van der Waals surface area contributed by atoms with Gasteiger partial charge in [-0.05, 0) is 75.0 Å². The fourth-order valence-corrected chi connectivity index (χ4v) is 4.97. The first-order chi connectivity index (χ1) is 16.6. The third-order valence-corrected chi connectivity index (χ3v) is 7.07. The van der Waals surface area contributed by atoms with Crippen molar-refractivity contribution < 1.29 is 14.0 Å². The van der Waals surface area contributed by atoms with Crippen LogP contribution in [0, 0.1) is 6.92 Å². The number of nitrogens with zero attached hydrogens (tertiary/aromatic N) is 4. The molecule has 2 aliphatic rings. The van der Waals surface area contributed by atoms with E-state index in [9.17, 15) is 0 Å². The van der Waals surface area contributed by atoms with E-state index in [0.29, 0.717) is 30.1 Å². The molecule has 1 aromatic carbocycles. The topological polar surface area (TPSA) is 73.5 Å². The monoisotopic (exact) mass is 462 g/mol. The number of ether oxygens (including phenoxy) is 2. The van der Waals surface area contributed by atoms with Crippen molar-refractivity contribution in [3.63, 3.8) is 0 Å². The van der Waals surface area contributed by atoms with Gasteiger partial charge in [-0.15, -0.1) is 0 Å². The maximum atomic E-state index is 6.19. The first-order valence-electron chi connectivity index (χ1n) is 12.5. The summed E-state index contributed by atoms with van der Waals surface area (Å²) in [6, 6.07) is 8.16. The minimum atomic E-state index is 0.472. The molecule has 1 aliphatic heterocycles. The molecule has 7 heteroatoms. The minimum absolute atomic E-state index is 0.472. The zero-order valence-electron chi connectivity index (χ0n) is 20.5. The highest BCUT2D eigenvalue weighted by atomic mass is 16.5. The van der Waals surface area contributed by atoms with Crippen LogP contribution in [0.1, 0.15) is 61.8 Å². The molecule has 1 saturated carbocycles. The van der Waals surface area contributed by atoms with E-state index in [1.54, 1.807) is 7.11 Å². The fraction of sp³-hybridized carbons (Fsp3) is 0.519. The van der Waals surface area contributed by atoms with Gasteiger partial charge in [-0.1, -0.05) is 24.9 Å². The standard InChI is InChI=1S/C27H34N4O3/c1-4-19-15-21(14-18(2)25(19)33-13-12-31-10-7-11-31)26-29-27(34-30-26)22-16-23(20-8-5-6-9-20)28-24(17-22)32-3/h14-17,20H,4-13H2,1-3H3. The molecule has 0 bridgehead atoms. The average molecular weight is 463 g/mol. The van der Waals surface area contributed by atoms with Gasteiger partial charge in [-0.2, -0.15) is 4.98 Å². The molecule has 180 valence electrons. The molecule has 0 N–H and O–H groups in total. The van der Waals surface area contributed by atoms with Crippen LogP contribution in [0.5, 0.6) is 11.6 Å². The van der Waals surface area contributed by atoms with Crippen molar-refractivity contribution >= 4 is 0 Å². The van der Waals surface area contributed by atoms with Gasteiger partial charge in [-0.3, -0.25) is 4.90 Å². The van der Waals surface area contributed by atoms with E-state index in [1.807, 2.05) is 6.07 Å². The fourth-order valence-electron chi connectivity index (χ4n) is 4.97. The highest BCUT2D eigenvalue weighted by Gasteiger charge is 2.22. The van der Waals surface area contributed by atoms with Crippen molar-refractivity contribution in [3.8, 4) is 34.5 Å². The summed E-state index contributed by atoms with van der Waals surface area (Å²) in [4.78, 5) is 11.8. The molecule has 1 saturated heterocycles. The lowest BCUT2D eigenvalue weighted by Crippen LogP contribution is -2.39. The quantitative estimate of drug-likeness (QED) is 0.420. The van der Waals surface area contributed by atoms with E-state index < -0.39 is 0 Å². The lowest BCUT2D eigenvalue weighted by Gasteiger charge is -2.30. The van der Waals surface area contributed by atoms with Crippen LogP contribution in [-0.4, -0.2) is 53.4 Å². The zero-order chi connectivity index (χ0) is 23.5. The molecule has 2 aromatic heterocycles. The molecular formula is C27H34N4O3. The highest BCUT2D eigenvalue weighted by Crippen LogP contribution is 2.36. The summed E-state index contributed by atoms with van der Waals surface area (Å²) in [5.41, 5.74) is 5.11. The molecule has 7 nitrogen and oxygen atoms in total. The van der Waals surface area contributed by atoms with Crippen LogP contribution < -0.4 is 9.47 Å². The number of methoxy groups -OCH3 is 1. The summed E-state index contributed by atoms with van der Waals surface area (Å²) < 4.78 is 17.4. The number of rotatable bonds is 9. The Bertz CT molecular complexity index is 1130. The van der Waals surface area contributed by atoms with Gasteiger partial charge in [-0.25, -0.2) is 4.98 Å². The molecule has 2 fully saturated rings. The van der Waals surface area contributed by atoms with Crippen LogP contribution in [0.25, 0.3) is 22.8 Å². The van der Waals surface area contributed by atoms with E-state index in [-0.39, 0.29) is 0 Å². The van der Waals surface area contributed by atoms with Crippen molar-refractivity contribution in [3.05, 3.63) is 41.1 Å². The van der Waals surface area contributed by atoms with Crippen molar-refractivity contribution in [1.29, 1.82) is 0 Å². The number of hydrogen-bond donors (Lipinski definition) is 0. The highest BCUT2D eigenvalue weighted by molar-refractivity contribution is 5.64. The van der Waals surface area contributed by atoms with Crippen LogP contribution >= 0.6 is 0 Å². The van der Waals surface area contributed by atoms with E-state index in [0.717, 1.165) is 41.1 Å². The second-order valence-corrected chi connectivity index (χ2v) is 9.41. The molecule has 3 aromatic rings. The van der Waals surface area contributed by atoms with Gasteiger partial charge >= 0.3 is 0 Å². The predicted molar refractivity (Wildman–Crippen MR) is 131 cm³/mol. The SMILES string of the molecule is CCc1cc(-c2noc(-c3cc(OC)nc(C4CCCC4)c3)n2)cc(C)c1OCCN1CCC1. The summed E-state index contributed by atoms with van der Waals surface area (Å²) in [5.74, 6) is 3.11. The third-order valence-electron chi connectivity index (χ3n) is 7.07. The van der Waals surface area contributed by atoms with Crippen LogP contribution in [0.4, 0.5) is 0 Å². The van der Waals surface area contributed by atoms with Gasteiger partial charge in [0.2, 0.25) is 11.7 Å². The number of aryl methyl sites for hydroxylation is 2. The summed E-state index contributed by atoms with van der Waals surface area (Å²) >= 11 is 0. The Balaban J connectivity index is 1.38. The van der Waals surface area contributed by atoms with Gasteiger partial charge < -0.3 is 14.0 Å². The molecule has 0 amide bonds.